The minimum absolute atomic E-state index is 0.164. The van der Waals surface area contributed by atoms with Gasteiger partial charge in [0.05, 0.1) is 11.2 Å². The Hall–Kier alpha value is -5.16. The number of hydrogen-bond acceptors (Lipinski definition) is 16. The molecule has 4 unspecified atom stereocenters. The van der Waals surface area contributed by atoms with Crippen molar-refractivity contribution in [3.05, 3.63) is 94.2 Å². The smallest absolute Gasteiger partial charge is 0.157 e. The molecule has 66 heavy (non-hydrogen) atoms. The fraction of sp³-hybridized carbons (Fsp3) is 0.600. The summed E-state index contributed by atoms with van der Waals surface area (Å²) in [6.45, 7) is 14.7. The molecule has 0 saturated heterocycles. The van der Waals surface area contributed by atoms with Gasteiger partial charge in [-0.3, -0.25) is 19.2 Å². The van der Waals surface area contributed by atoms with E-state index in [1.165, 1.54) is 24.3 Å². The van der Waals surface area contributed by atoms with Gasteiger partial charge in [-0.05, 0) is 133 Å². The van der Waals surface area contributed by atoms with Crippen LogP contribution in [0.25, 0.3) is 0 Å². The van der Waals surface area contributed by atoms with E-state index in [9.17, 15) is 39.6 Å². The van der Waals surface area contributed by atoms with E-state index in [4.69, 9.17) is 22.9 Å². The van der Waals surface area contributed by atoms with Crippen LogP contribution in [0.2, 0.25) is 0 Å². The maximum absolute atomic E-state index is 10.4. The predicted molar refractivity (Wildman–Crippen MR) is 263 cm³/mol. The van der Waals surface area contributed by atoms with E-state index >= 15 is 0 Å². The Bertz CT molecular complexity index is 1770. The molecule has 0 spiro atoms. The van der Waals surface area contributed by atoms with Crippen molar-refractivity contribution >= 4 is 23.1 Å². The highest BCUT2D eigenvalue weighted by Gasteiger charge is 2.36. The number of nitrogens with one attached hydrogen (secondary N) is 4. The van der Waals surface area contributed by atoms with Crippen LogP contribution in [0.5, 0.6) is 0 Å². The number of ketones is 4. The van der Waals surface area contributed by atoms with Crippen LogP contribution in [-0.4, -0.2) is 79.8 Å². The van der Waals surface area contributed by atoms with Crippen molar-refractivity contribution < 1.29 is 39.6 Å². The summed E-state index contributed by atoms with van der Waals surface area (Å²) in [6, 6.07) is 0. The lowest BCUT2D eigenvalue weighted by Crippen LogP contribution is -2.40. The Morgan fingerprint density at radius 2 is 0.833 bits per heavy atom. The first-order valence-electron chi connectivity index (χ1n) is 23.8. The van der Waals surface area contributed by atoms with Crippen LogP contribution in [0, 0.1) is 0 Å². The standard InChI is InChI=1S/2C13H22N2O2.4C5H7NO.2C2H6/c1-3-12(16)6-4-11(8-12)15-13(17)7-5-10(9-13)14-2;1-3-14-10-5-7-13(17,9-10)15-11-4-6-12(2,16)8-11;4*6-4-1-2-5(7)3-4;2*1-2/h2*8-9,14-17H,3-7H2,1-2H3;4*3H,1-2,6H2;2*1-2H3. The average Bonchev–Trinajstić information content (AvgIpc) is 4.17. The first kappa shape index (κ1) is 58.9. The Balaban J connectivity index is 0.000000409. The fourth-order valence-electron chi connectivity index (χ4n) is 7.51. The van der Waals surface area contributed by atoms with Gasteiger partial charge in [-0.25, -0.2) is 0 Å². The molecule has 0 radical (unpaired) electrons. The van der Waals surface area contributed by atoms with Gasteiger partial charge in [0, 0.05) is 97.7 Å². The molecule has 16 N–H and O–H groups in total. The first-order chi connectivity index (χ1) is 31.1. The minimum Gasteiger partial charge on any atom is -0.402 e. The highest BCUT2D eigenvalue weighted by Crippen LogP contribution is 2.33. The Morgan fingerprint density at radius 3 is 1.09 bits per heavy atom. The molecular formula is C50H84N8O8. The summed E-state index contributed by atoms with van der Waals surface area (Å²) in [5.41, 5.74) is 24.7. The Labute approximate surface area is 393 Å². The van der Waals surface area contributed by atoms with E-state index in [2.05, 4.69) is 21.3 Å². The van der Waals surface area contributed by atoms with Gasteiger partial charge in [0.25, 0.3) is 0 Å². The number of carbonyl (C=O) groups is 4. The molecule has 0 aromatic carbocycles. The molecule has 0 heterocycles. The second-order valence-corrected chi connectivity index (χ2v) is 17.1. The number of nitrogens with two attached hydrogens (primary N) is 4. The molecule has 16 nitrogen and oxygen atoms in total. The Kier molecular flexibility index (Phi) is 25.7. The molecular weight excluding hydrogens is 841 g/mol. The summed E-state index contributed by atoms with van der Waals surface area (Å²) in [4.78, 5) is 41.2. The summed E-state index contributed by atoms with van der Waals surface area (Å²) in [5, 5.41) is 53.2. The normalized spacial score (nSPS) is 27.6. The zero-order chi connectivity index (χ0) is 50.1. The van der Waals surface area contributed by atoms with E-state index in [-0.39, 0.29) is 23.1 Å². The van der Waals surface area contributed by atoms with Crippen LogP contribution in [0.3, 0.4) is 0 Å². The van der Waals surface area contributed by atoms with Crippen molar-refractivity contribution in [2.45, 2.75) is 180 Å². The monoisotopic (exact) mass is 925 g/mol. The van der Waals surface area contributed by atoms with Crippen molar-refractivity contribution in [1.29, 1.82) is 0 Å². The summed E-state index contributed by atoms with van der Waals surface area (Å²) in [6.07, 6.45) is 25.7. The van der Waals surface area contributed by atoms with Crippen molar-refractivity contribution in [2.75, 3.05) is 13.6 Å². The van der Waals surface area contributed by atoms with Crippen LogP contribution < -0.4 is 44.2 Å². The van der Waals surface area contributed by atoms with Crippen LogP contribution in [0.15, 0.2) is 94.2 Å². The van der Waals surface area contributed by atoms with Crippen molar-refractivity contribution in [2.24, 2.45) is 22.9 Å². The van der Waals surface area contributed by atoms with Crippen molar-refractivity contribution in [3.8, 4) is 0 Å². The lowest BCUT2D eigenvalue weighted by molar-refractivity contribution is -0.114. The average molecular weight is 925 g/mol. The quantitative estimate of drug-likeness (QED) is 0.146. The largest absolute Gasteiger partial charge is 0.402 e. The lowest BCUT2D eigenvalue weighted by Gasteiger charge is -2.24. The third-order valence-electron chi connectivity index (χ3n) is 11.1. The van der Waals surface area contributed by atoms with Gasteiger partial charge in [0.2, 0.25) is 0 Å². The molecule has 0 aliphatic heterocycles. The SMILES string of the molecule is CC.CC.CCC1(O)C=C(NC2(O)C=C(NC)CC2)CC1.CCNC1=CC(O)(NC2=CC(C)(O)CC2)CC1.NC1=CC(=O)CC1.NC1=CC(=O)CC1.NC1=CC(=O)CC1.NC1=CC(=O)CC1. The molecule has 372 valence electrons. The number of aliphatic hydroxyl groups is 4. The third-order valence-corrected chi connectivity index (χ3v) is 11.1. The highest BCUT2D eigenvalue weighted by atomic mass is 16.3. The topological polar surface area (TPSA) is 301 Å². The number of carbonyl (C=O) groups excluding carboxylic acids is 4. The molecule has 8 aliphatic carbocycles. The zero-order valence-electron chi connectivity index (χ0n) is 41.1. The number of rotatable bonds is 8. The molecule has 0 amide bonds. The maximum Gasteiger partial charge on any atom is 0.157 e. The van der Waals surface area contributed by atoms with E-state index in [1.54, 1.807) is 6.92 Å². The van der Waals surface area contributed by atoms with E-state index in [1.807, 2.05) is 72.9 Å². The van der Waals surface area contributed by atoms with Gasteiger partial charge in [-0.15, -0.1) is 0 Å². The molecule has 8 aliphatic rings. The van der Waals surface area contributed by atoms with Crippen LogP contribution in [-0.2, 0) is 19.2 Å². The molecule has 8 rings (SSSR count). The van der Waals surface area contributed by atoms with Crippen LogP contribution in [0.1, 0.15) is 158 Å². The molecule has 0 fully saturated rings. The molecule has 0 saturated carbocycles. The zero-order valence-corrected chi connectivity index (χ0v) is 41.1. The van der Waals surface area contributed by atoms with Crippen LogP contribution >= 0.6 is 0 Å². The molecule has 0 aromatic rings. The predicted octanol–water partition coefficient (Wildman–Crippen LogP) is 4.78. The second-order valence-electron chi connectivity index (χ2n) is 17.1. The van der Waals surface area contributed by atoms with Gasteiger partial charge in [0.1, 0.15) is 0 Å². The molecule has 0 aromatic heterocycles. The third kappa shape index (κ3) is 22.8. The lowest BCUT2D eigenvalue weighted by atomic mass is 10.0. The summed E-state index contributed by atoms with van der Waals surface area (Å²) in [7, 11) is 1.86. The van der Waals surface area contributed by atoms with Gasteiger partial charge in [-0.1, -0.05) is 34.6 Å². The highest BCUT2D eigenvalue weighted by molar-refractivity contribution is 5.93. The van der Waals surface area contributed by atoms with Crippen LogP contribution in [0.4, 0.5) is 0 Å². The van der Waals surface area contributed by atoms with Crippen molar-refractivity contribution in [1.82, 2.24) is 21.3 Å². The number of hydrogen-bond donors (Lipinski definition) is 12. The van der Waals surface area contributed by atoms with Crippen molar-refractivity contribution in [3.63, 3.8) is 0 Å². The van der Waals surface area contributed by atoms with Gasteiger partial charge < -0.3 is 64.6 Å². The van der Waals surface area contributed by atoms with E-state index in [0.717, 1.165) is 116 Å². The second kappa shape index (κ2) is 28.8. The van der Waals surface area contributed by atoms with E-state index < -0.39 is 22.7 Å². The van der Waals surface area contributed by atoms with Gasteiger partial charge >= 0.3 is 0 Å². The van der Waals surface area contributed by atoms with Gasteiger partial charge in [-0.2, -0.15) is 0 Å². The molecule has 0 bridgehead atoms. The minimum atomic E-state index is -0.955. The van der Waals surface area contributed by atoms with E-state index in [0.29, 0.717) is 44.9 Å². The van der Waals surface area contributed by atoms with Gasteiger partial charge in [0.15, 0.2) is 34.6 Å². The summed E-state index contributed by atoms with van der Waals surface area (Å²) >= 11 is 0. The first-order valence-corrected chi connectivity index (χ1v) is 23.8. The number of allylic oxidation sites excluding steroid dienone is 12. The fourth-order valence-corrected chi connectivity index (χ4v) is 7.51. The Morgan fingerprint density at radius 1 is 0.485 bits per heavy atom. The maximum atomic E-state index is 10.4. The summed E-state index contributed by atoms with van der Waals surface area (Å²) in [5.74, 6) is 0.657. The molecule has 16 heteroatoms. The summed E-state index contributed by atoms with van der Waals surface area (Å²) < 4.78 is 0. The molecule has 4 atom stereocenters.